The summed E-state index contributed by atoms with van der Waals surface area (Å²) in [5, 5.41) is 12.8. The van der Waals surface area contributed by atoms with E-state index in [1.54, 1.807) is 0 Å². The van der Waals surface area contributed by atoms with Gasteiger partial charge in [0.1, 0.15) is 0 Å². The molecule has 1 aliphatic heterocycles. The molecule has 1 unspecified atom stereocenters. The van der Waals surface area contributed by atoms with Crippen molar-refractivity contribution in [2.24, 2.45) is 0 Å². The van der Waals surface area contributed by atoms with Crippen LogP contribution >= 0.6 is 0 Å². The van der Waals surface area contributed by atoms with E-state index in [9.17, 15) is 0 Å². The Kier molecular flexibility index (Phi) is 5.48. The van der Waals surface area contributed by atoms with E-state index < -0.39 is 0 Å². The molecule has 0 bridgehead atoms. The molecule has 1 fully saturated rings. The summed E-state index contributed by atoms with van der Waals surface area (Å²) >= 11 is 0. The summed E-state index contributed by atoms with van der Waals surface area (Å²) in [5.74, 6) is 0. The van der Waals surface area contributed by atoms with Gasteiger partial charge >= 0.3 is 0 Å². The normalized spacial score (nSPS) is 28.9. The summed E-state index contributed by atoms with van der Waals surface area (Å²) in [6.45, 7) is 1.62. The second kappa shape index (κ2) is 4.86. The van der Waals surface area contributed by atoms with Gasteiger partial charge in [-0.25, -0.2) is 0 Å². The van der Waals surface area contributed by atoms with Crippen LogP contribution in [0.3, 0.4) is 0 Å². The first-order valence-electron chi connectivity index (χ1n) is 2.71. The molecule has 8 heavy (non-hydrogen) atoms. The number of aliphatic hydroxyl groups is 1. The third kappa shape index (κ3) is 3.13. The molecule has 45 valence electrons. The Balaban J connectivity index is 0.000000490. The number of rotatable bonds is 0. The Morgan fingerprint density at radius 2 is 2.25 bits per heavy atom. The van der Waals surface area contributed by atoms with Crippen LogP contribution in [0, 0.1) is 0 Å². The molecule has 3 heteroatoms. The van der Waals surface area contributed by atoms with Crippen LogP contribution < -0.4 is 0 Å². The van der Waals surface area contributed by atoms with Crippen molar-refractivity contribution in [3.63, 3.8) is 0 Å². The molecular formula is C5H10NOY-. The zero-order valence-electron chi connectivity index (χ0n) is 4.88. The van der Waals surface area contributed by atoms with Crippen molar-refractivity contribution in [2.75, 3.05) is 13.1 Å². The first-order valence-corrected chi connectivity index (χ1v) is 2.71. The van der Waals surface area contributed by atoms with Gasteiger partial charge in [-0.2, -0.15) is 0 Å². The van der Waals surface area contributed by atoms with E-state index in [-0.39, 0.29) is 38.8 Å². The summed E-state index contributed by atoms with van der Waals surface area (Å²) < 4.78 is 0. The van der Waals surface area contributed by atoms with E-state index in [1.165, 1.54) is 0 Å². The van der Waals surface area contributed by atoms with E-state index in [0.29, 0.717) is 6.54 Å². The van der Waals surface area contributed by atoms with Gasteiger partial charge in [-0.3, -0.25) is 0 Å². The molecule has 2 nitrogen and oxygen atoms in total. The van der Waals surface area contributed by atoms with Crippen molar-refractivity contribution in [3.8, 4) is 0 Å². The molecule has 0 saturated carbocycles. The molecule has 0 aromatic heterocycles. The molecule has 1 aliphatic rings. The van der Waals surface area contributed by atoms with Crippen molar-refractivity contribution in [1.82, 2.24) is 0 Å². The fourth-order valence-corrected chi connectivity index (χ4v) is 0.770. The maximum Gasteiger partial charge on any atom is 0.0352 e. The average molecular weight is 189 g/mol. The van der Waals surface area contributed by atoms with Crippen molar-refractivity contribution < 1.29 is 37.8 Å². The van der Waals surface area contributed by atoms with Crippen LogP contribution in [-0.4, -0.2) is 24.3 Å². The van der Waals surface area contributed by atoms with E-state index in [0.717, 1.165) is 19.4 Å². The molecule has 1 atom stereocenters. The summed E-state index contributed by atoms with van der Waals surface area (Å²) in [6, 6.07) is 0. The molecule has 1 radical (unpaired) electrons. The summed E-state index contributed by atoms with van der Waals surface area (Å²) in [5.41, 5.74) is 0. The summed E-state index contributed by atoms with van der Waals surface area (Å²) in [7, 11) is 0. The number of nitrogens with zero attached hydrogens (tertiary/aromatic N) is 1. The van der Waals surface area contributed by atoms with Gasteiger partial charge in [-0.15, -0.1) is 13.1 Å². The quantitative estimate of drug-likeness (QED) is 0.591. The molecular weight excluding hydrogens is 179 g/mol. The van der Waals surface area contributed by atoms with Gasteiger partial charge in [0.15, 0.2) is 0 Å². The Hall–Kier alpha value is 1.02. The average Bonchev–Trinajstić information content (AvgIpc) is 1.69. The SMILES string of the molecule is OC1CCC[N-]C1.[Y]. The van der Waals surface area contributed by atoms with Crippen LogP contribution in [0.15, 0.2) is 0 Å². The standard InChI is InChI=1S/C5H10NO.Y/c7-5-2-1-3-6-4-5;/h5,7H,1-4H2;/q-1;. The molecule has 1 N–H and O–H groups in total. The van der Waals surface area contributed by atoms with Gasteiger partial charge in [0.05, 0.1) is 0 Å². The monoisotopic (exact) mass is 189 g/mol. The Morgan fingerprint density at radius 1 is 1.50 bits per heavy atom. The first-order chi connectivity index (χ1) is 3.39. The van der Waals surface area contributed by atoms with Gasteiger partial charge in [-0.05, 0) is 6.42 Å². The molecule has 0 aliphatic carbocycles. The van der Waals surface area contributed by atoms with Gasteiger partial charge in [0.2, 0.25) is 0 Å². The number of hydrogen-bond acceptors (Lipinski definition) is 1. The Bertz CT molecular complexity index is 54.4. The van der Waals surface area contributed by atoms with Crippen LogP contribution in [0.2, 0.25) is 0 Å². The minimum absolute atomic E-state index is 0. The van der Waals surface area contributed by atoms with Gasteiger partial charge in [0.25, 0.3) is 0 Å². The van der Waals surface area contributed by atoms with Crippen LogP contribution in [0.1, 0.15) is 12.8 Å². The Labute approximate surface area is 74.9 Å². The summed E-state index contributed by atoms with van der Waals surface area (Å²) in [4.78, 5) is 0. The molecule has 1 heterocycles. The van der Waals surface area contributed by atoms with Gasteiger partial charge < -0.3 is 10.4 Å². The minimum Gasteiger partial charge on any atom is -0.660 e. The summed E-state index contributed by atoms with van der Waals surface area (Å²) in [6.07, 6.45) is 1.89. The fraction of sp³-hybridized carbons (Fsp3) is 1.00. The second-order valence-corrected chi connectivity index (χ2v) is 1.93. The third-order valence-corrected chi connectivity index (χ3v) is 1.19. The van der Waals surface area contributed by atoms with E-state index in [4.69, 9.17) is 5.11 Å². The second-order valence-electron chi connectivity index (χ2n) is 1.93. The first kappa shape index (κ1) is 9.02. The van der Waals surface area contributed by atoms with Crippen LogP contribution in [0.25, 0.3) is 5.32 Å². The van der Waals surface area contributed by atoms with Gasteiger partial charge in [-0.1, -0.05) is 6.42 Å². The molecule has 0 aromatic rings. The largest absolute Gasteiger partial charge is 0.660 e. The van der Waals surface area contributed by atoms with Crippen molar-refractivity contribution in [2.45, 2.75) is 18.9 Å². The predicted molar refractivity (Wildman–Crippen MR) is 28.3 cm³/mol. The predicted octanol–water partition coefficient (Wildman–Crippen LogP) is 0.512. The van der Waals surface area contributed by atoms with E-state index in [1.807, 2.05) is 0 Å². The number of piperidine rings is 1. The van der Waals surface area contributed by atoms with E-state index in [2.05, 4.69) is 5.32 Å². The smallest absolute Gasteiger partial charge is 0.0352 e. The zero-order chi connectivity index (χ0) is 5.11. The molecule has 0 amide bonds. The maximum absolute atomic E-state index is 8.82. The van der Waals surface area contributed by atoms with Gasteiger partial charge in [0, 0.05) is 38.8 Å². The van der Waals surface area contributed by atoms with Crippen molar-refractivity contribution in [1.29, 1.82) is 0 Å². The molecule has 1 rings (SSSR count). The Morgan fingerprint density at radius 3 is 2.50 bits per heavy atom. The zero-order valence-corrected chi connectivity index (χ0v) is 7.72. The van der Waals surface area contributed by atoms with Crippen molar-refractivity contribution in [3.05, 3.63) is 5.32 Å². The van der Waals surface area contributed by atoms with Crippen molar-refractivity contribution >= 4 is 0 Å². The third-order valence-electron chi connectivity index (χ3n) is 1.19. The number of hydrogen-bond donors (Lipinski definition) is 1. The molecule has 0 aromatic carbocycles. The maximum atomic E-state index is 8.82. The van der Waals surface area contributed by atoms with E-state index >= 15 is 0 Å². The molecule has 1 saturated heterocycles. The minimum atomic E-state index is -0.131. The molecule has 0 spiro atoms. The topological polar surface area (TPSA) is 34.3 Å². The van der Waals surface area contributed by atoms with Crippen LogP contribution in [0.5, 0.6) is 0 Å². The van der Waals surface area contributed by atoms with Crippen LogP contribution in [0.4, 0.5) is 0 Å². The fourth-order valence-electron chi connectivity index (χ4n) is 0.770. The number of aliphatic hydroxyl groups excluding tert-OH is 1. The van der Waals surface area contributed by atoms with Crippen LogP contribution in [-0.2, 0) is 32.7 Å².